The molecule has 4 nitrogen and oxygen atoms in total. The number of nitrogens with zero attached hydrogens (tertiary/aromatic N) is 3. The van der Waals surface area contributed by atoms with Crippen LogP contribution in [0.1, 0.15) is 5.69 Å². The third kappa shape index (κ3) is 1.65. The third-order valence-corrected chi connectivity index (χ3v) is 3.50. The number of amides is 2. The summed E-state index contributed by atoms with van der Waals surface area (Å²) in [5.41, 5.74) is 2.49. The summed E-state index contributed by atoms with van der Waals surface area (Å²) >= 11 is 0. The number of hydrogen-bond acceptors (Lipinski definition) is 1. The average molecular weight is 243 g/mol. The molecule has 4 heteroatoms. The first-order chi connectivity index (χ1) is 8.66. The molecule has 0 saturated heterocycles. The number of aromatic nitrogens is 1. The van der Waals surface area contributed by atoms with Crippen molar-refractivity contribution in [1.29, 1.82) is 0 Å². The van der Waals surface area contributed by atoms with Crippen LogP contribution in [-0.4, -0.2) is 41.0 Å². The minimum absolute atomic E-state index is 0.0894. The van der Waals surface area contributed by atoms with Crippen LogP contribution >= 0.6 is 0 Å². The Morgan fingerprint density at radius 3 is 2.78 bits per heavy atom. The Balaban J connectivity index is 1.96. The molecule has 2 heterocycles. The summed E-state index contributed by atoms with van der Waals surface area (Å²) < 4.78 is 2.31. The molecule has 1 aliphatic rings. The maximum atomic E-state index is 12.0. The average Bonchev–Trinajstić information content (AvgIpc) is 2.75. The number of benzene rings is 1. The summed E-state index contributed by atoms with van der Waals surface area (Å²) in [5.74, 6) is 0. The minimum Gasteiger partial charge on any atom is -0.341 e. The van der Waals surface area contributed by atoms with E-state index in [0.29, 0.717) is 6.54 Å². The van der Waals surface area contributed by atoms with Crippen LogP contribution in [0, 0.1) is 0 Å². The van der Waals surface area contributed by atoms with Crippen molar-refractivity contribution in [1.82, 2.24) is 14.4 Å². The SMILES string of the molecule is CN(C)C(=O)N1CCn2c(cc3ccccc32)C1. The molecule has 0 spiro atoms. The van der Waals surface area contributed by atoms with E-state index in [0.717, 1.165) is 13.1 Å². The minimum atomic E-state index is 0.0894. The van der Waals surface area contributed by atoms with Gasteiger partial charge in [-0.05, 0) is 17.5 Å². The van der Waals surface area contributed by atoms with E-state index in [1.165, 1.54) is 16.6 Å². The highest BCUT2D eigenvalue weighted by molar-refractivity contribution is 5.82. The summed E-state index contributed by atoms with van der Waals surface area (Å²) in [6.45, 7) is 2.36. The third-order valence-electron chi connectivity index (χ3n) is 3.50. The first-order valence-corrected chi connectivity index (χ1v) is 6.20. The lowest BCUT2D eigenvalue weighted by Crippen LogP contribution is -2.43. The lowest BCUT2D eigenvalue weighted by molar-refractivity contribution is 0.158. The highest BCUT2D eigenvalue weighted by Gasteiger charge is 2.22. The largest absolute Gasteiger partial charge is 0.341 e. The van der Waals surface area contributed by atoms with Gasteiger partial charge in [-0.2, -0.15) is 0 Å². The van der Waals surface area contributed by atoms with Crippen LogP contribution in [0.2, 0.25) is 0 Å². The molecule has 0 unspecified atom stereocenters. The molecule has 94 valence electrons. The number of hydrogen-bond donors (Lipinski definition) is 0. The Labute approximate surface area is 106 Å². The lowest BCUT2D eigenvalue weighted by Gasteiger charge is -2.31. The number of carbonyl (C=O) groups is 1. The molecule has 0 bridgehead atoms. The van der Waals surface area contributed by atoms with Crippen LogP contribution < -0.4 is 0 Å². The van der Waals surface area contributed by atoms with E-state index in [-0.39, 0.29) is 6.03 Å². The standard InChI is InChI=1S/C14H17N3O/c1-15(2)14(18)16-7-8-17-12(10-16)9-11-5-3-4-6-13(11)17/h3-6,9H,7-8,10H2,1-2H3. The van der Waals surface area contributed by atoms with Crippen molar-refractivity contribution in [2.75, 3.05) is 20.6 Å². The molecule has 0 N–H and O–H groups in total. The normalized spacial score (nSPS) is 14.7. The van der Waals surface area contributed by atoms with E-state index < -0.39 is 0 Å². The maximum absolute atomic E-state index is 12.0. The fourth-order valence-corrected chi connectivity index (χ4v) is 2.60. The van der Waals surface area contributed by atoms with Crippen molar-refractivity contribution in [2.45, 2.75) is 13.1 Å². The smallest absolute Gasteiger partial charge is 0.319 e. The van der Waals surface area contributed by atoms with Crippen molar-refractivity contribution in [3.8, 4) is 0 Å². The van der Waals surface area contributed by atoms with Gasteiger partial charge in [0.15, 0.2) is 0 Å². The monoisotopic (exact) mass is 243 g/mol. The van der Waals surface area contributed by atoms with Crippen LogP contribution in [0.5, 0.6) is 0 Å². The van der Waals surface area contributed by atoms with Gasteiger partial charge in [-0.15, -0.1) is 0 Å². The van der Waals surface area contributed by atoms with Gasteiger partial charge < -0.3 is 14.4 Å². The van der Waals surface area contributed by atoms with Crippen molar-refractivity contribution in [2.24, 2.45) is 0 Å². The molecule has 1 aromatic carbocycles. The molecule has 0 aliphatic carbocycles. The van der Waals surface area contributed by atoms with Gasteiger partial charge in [-0.3, -0.25) is 0 Å². The van der Waals surface area contributed by atoms with Gasteiger partial charge in [0.2, 0.25) is 0 Å². The Morgan fingerprint density at radius 1 is 1.22 bits per heavy atom. The molecule has 0 fully saturated rings. The first-order valence-electron chi connectivity index (χ1n) is 6.20. The molecule has 2 amide bonds. The summed E-state index contributed by atoms with van der Waals surface area (Å²) in [4.78, 5) is 15.5. The molecule has 3 rings (SSSR count). The van der Waals surface area contributed by atoms with E-state index in [2.05, 4.69) is 34.9 Å². The number of fused-ring (bicyclic) bond motifs is 3. The zero-order chi connectivity index (χ0) is 12.7. The number of urea groups is 1. The van der Waals surface area contributed by atoms with E-state index in [1.807, 2.05) is 4.90 Å². The molecule has 18 heavy (non-hydrogen) atoms. The highest BCUT2D eigenvalue weighted by atomic mass is 16.2. The summed E-state index contributed by atoms with van der Waals surface area (Å²) in [6, 6.07) is 10.7. The highest BCUT2D eigenvalue weighted by Crippen LogP contribution is 2.24. The fraction of sp³-hybridized carbons (Fsp3) is 0.357. The van der Waals surface area contributed by atoms with Gasteiger partial charge in [0.05, 0.1) is 6.54 Å². The molecule has 0 saturated carbocycles. The topological polar surface area (TPSA) is 28.5 Å². The number of carbonyl (C=O) groups excluding carboxylic acids is 1. The van der Waals surface area contributed by atoms with Crippen LogP contribution in [0.3, 0.4) is 0 Å². The molecule has 1 aromatic heterocycles. The molecule has 0 radical (unpaired) electrons. The molecule has 2 aromatic rings. The van der Waals surface area contributed by atoms with Crippen molar-refractivity contribution < 1.29 is 4.79 Å². The Hall–Kier alpha value is -1.97. The van der Waals surface area contributed by atoms with Gasteiger partial charge in [0.25, 0.3) is 0 Å². The quantitative estimate of drug-likeness (QED) is 0.697. The van der Waals surface area contributed by atoms with Gasteiger partial charge >= 0.3 is 6.03 Å². The lowest BCUT2D eigenvalue weighted by atomic mass is 10.2. The maximum Gasteiger partial charge on any atom is 0.319 e. The second-order valence-corrected chi connectivity index (χ2v) is 4.94. The number of rotatable bonds is 0. The van der Waals surface area contributed by atoms with Gasteiger partial charge in [0, 0.05) is 38.4 Å². The van der Waals surface area contributed by atoms with Gasteiger partial charge in [-0.25, -0.2) is 4.79 Å². The first kappa shape index (κ1) is 11.1. The van der Waals surface area contributed by atoms with Crippen molar-refractivity contribution in [3.05, 3.63) is 36.0 Å². The Morgan fingerprint density at radius 2 is 2.00 bits per heavy atom. The predicted octanol–water partition coefficient (Wildman–Crippen LogP) is 2.14. The second-order valence-electron chi connectivity index (χ2n) is 4.94. The van der Waals surface area contributed by atoms with Crippen LogP contribution in [0.4, 0.5) is 4.79 Å². The predicted molar refractivity (Wildman–Crippen MR) is 71.4 cm³/mol. The van der Waals surface area contributed by atoms with Crippen LogP contribution in [0.15, 0.2) is 30.3 Å². The zero-order valence-electron chi connectivity index (χ0n) is 10.8. The summed E-state index contributed by atoms with van der Waals surface area (Å²) in [5, 5.41) is 1.26. The summed E-state index contributed by atoms with van der Waals surface area (Å²) in [7, 11) is 3.60. The van der Waals surface area contributed by atoms with Crippen molar-refractivity contribution in [3.63, 3.8) is 0 Å². The van der Waals surface area contributed by atoms with Gasteiger partial charge in [-0.1, -0.05) is 18.2 Å². The molecular formula is C14H17N3O. The van der Waals surface area contributed by atoms with Crippen LogP contribution in [0.25, 0.3) is 10.9 Å². The Kier molecular flexibility index (Phi) is 2.51. The van der Waals surface area contributed by atoms with E-state index in [9.17, 15) is 4.79 Å². The molecular weight excluding hydrogens is 226 g/mol. The Bertz CT molecular complexity index is 600. The molecule has 0 atom stereocenters. The van der Waals surface area contributed by atoms with Gasteiger partial charge in [0.1, 0.15) is 0 Å². The summed E-state index contributed by atoms with van der Waals surface area (Å²) in [6.07, 6.45) is 0. The second kappa shape index (κ2) is 4.05. The number of para-hydroxylation sites is 1. The zero-order valence-corrected chi connectivity index (χ0v) is 10.8. The van der Waals surface area contributed by atoms with Crippen molar-refractivity contribution >= 4 is 16.9 Å². The fourth-order valence-electron chi connectivity index (χ4n) is 2.60. The van der Waals surface area contributed by atoms with E-state index in [1.54, 1.807) is 19.0 Å². The van der Waals surface area contributed by atoms with Crippen LogP contribution in [-0.2, 0) is 13.1 Å². The van der Waals surface area contributed by atoms with E-state index >= 15 is 0 Å². The molecule has 1 aliphatic heterocycles. The van der Waals surface area contributed by atoms with E-state index in [4.69, 9.17) is 0 Å².